The van der Waals surface area contributed by atoms with Gasteiger partial charge in [-0.25, -0.2) is 0 Å². The zero-order chi connectivity index (χ0) is 53.6. The van der Waals surface area contributed by atoms with Crippen LogP contribution in [0.1, 0.15) is 271 Å². The standard InChI is InChI=1S/C68H112O6/c1-4-7-10-13-16-19-22-25-27-29-30-31-32-33-34-35-36-37-38-40-41-43-46-49-52-55-58-61-67(70)73-64-65(63-72-66(69)60-57-54-51-48-45-24-21-18-15-12-9-6-3)74-68(71)62-59-56-53-50-47-44-42-39-28-26-23-20-17-14-11-8-5-2/h7-8,10-11,16-21,25-28,30-31,33-34,42,44,65H,4-6,9,12-15,22-24,29,32,35-41,43,45-64H2,1-3H3/b10-7-,11-8-,19-16-,20-17-,21-18-,27-25-,28-26-,31-30-,34-33-,44-42-. The molecule has 0 heterocycles. The van der Waals surface area contributed by atoms with Crippen molar-refractivity contribution < 1.29 is 28.6 Å². The van der Waals surface area contributed by atoms with E-state index in [-0.39, 0.29) is 31.1 Å². The molecule has 0 aliphatic heterocycles. The highest BCUT2D eigenvalue weighted by Gasteiger charge is 2.19. The third kappa shape index (κ3) is 58.7. The van der Waals surface area contributed by atoms with Gasteiger partial charge in [0.15, 0.2) is 6.10 Å². The molecule has 0 aliphatic rings. The molecule has 420 valence electrons. The van der Waals surface area contributed by atoms with Crippen LogP contribution < -0.4 is 0 Å². The van der Waals surface area contributed by atoms with E-state index in [4.69, 9.17) is 14.2 Å². The van der Waals surface area contributed by atoms with Gasteiger partial charge >= 0.3 is 17.9 Å². The molecule has 0 aromatic heterocycles. The van der Waals surface area contributed by atoms with E-state index in [2.05, 4.69) is 142 Å². The van der Waals surface area contributed by atoms with Gasteiger partial charge < -0.3 is 14.2 Å². The van der Waals surface area contributed by atoms with Crippen molar-refractivity contribution in [1.82, 2.24) is 0 Å². The summed E-state index contributed by atoms with van der Waals surface area (Å²) in [6.07, 6.45) is 84.8. The molecular formula is C68H112O6. The lowest BCUT2D eigenvalue weighted by Gasteiger charge is -2.18. The summed E-state index contributed by atoms with van der Waals surface area (Å²) in [6.45, 7) is 6.36. The van der Waals surface area contributed by atoms with E-state index in [1.165, 1.54) is 89.9 Å². The molecule has 0 aromatic rings. The first-order valence-electron chi connectivity index (χ1n) is 30.5. The van der Waals surface area contributed by atoms with Crippen molar-refractivity contribution >= 4 is 17.9 Å². The van der Waals surface area contributed by atoms with Gasteiger partial charge in [0.2, 0.25) is 0 Å². The van der Waals surface area contributed by atoms with E-state index in [1.54, 1.807) is 0 Å². The topological polar surface area (TPSA) is 78.9 Å². The second-order valence-electron chi connectivity index (χ2n) is 19.8. The Kier molecular flexibility index (Phi) is 57.9. The highest BCUT2D eigenvalue weighted by Crippen LogP contribution is 2.15. The molecule has 0 N–H and O–H groups in total. The number of hydrogen-bond donors (Lipinski definition) is 0. The first-order valence-corrected chi connectivity index (χ1v) is 30.5. The van der Waals surface area contributed by atoms with E-state index in [1.807, 2.05) is 0 Å². The highest BCUT2D eigenvalue weighted by atomic mass is 16.6. The van der Waals surface area contributed by atoms with Gasteiger partial charge in [-0.05, 0) is 128 Å². The van der Waals surface area contributed by atoms with Crippen LogP contribution in [-0.4, -0.2) is 37.2 Å². The lowest BCUT2D eigenvalue weighted by molar-refractivity contribution is -0.167. The van der Waals surface area contributed by atoms with Crippen LogP contribution in [0, 0.1) is 0 Å². The van der Waals surface area contributed by atoms with Gasteiger partial charge in [-0.15, -0.1) is 0 Å². The largest absolute Gasteiger partial charge is 0.462 e. The minimum Gasteiger partial charge on any atom is -0.462 e. The Hall–Kier alpha value is -4.19. The molecule has 0 aromatic carbocycles. The molecule has 0 fully saturated rings. The van der Waals surface area contributed by atoms with Gasteiger partial charge in [-0.2, -0.15) is 0 Å². The minimum atomic E-state index is -0.799. The van der Waals surface area contributed by atoms with Crippen LogP contribution in [0.15, 0.2) is 122 Å². The third-order valence-electron chi connectivity index (χ3n) is 12.7. The summed E-state index contributed by atoms with van der Waals surface area (Å²) in [5.41, 5.74) is 0. The van der Waals surface area contributed by atoms with Gasteiger partial charge in [0.05, 0.1) is 0 Å². The Balaban J connectivity index is 4.33. The van der Waals surface area contributed by atoms with Crippen molar-refractivity contribution in [2.24, 2.45) is 0 Å². The van der Waals surface area contributed by atoms with Gasteiger partial charge in [-0.1, -0.05) is 245 Å². The fourth-order valence-electron chi connectivity index (χ4n) is 8.16. The number of hydrogen-bond acceptors (Lipinski definition) is 6. The minimum absolute atomic E-state index is 0.0941. The van der Waals surface area contributed by atoms with Crippen LogP contribution in [0.2, 0.25) is 0 Å². The Morgan fingerprint density at radius 3 is 0.838 bits per heavy atom. The van der Waals surface area contributed by atoms with E-state index in [9.17, 15) is 14.4 Å². The average Bonchev–Trinajstić information content (AvgIpc) is 3.40. The predicted molar refractivity (Wildman–Crippen MR) is 320 cm³/mol. The summed E-state index contributed by atoms with van der Waals surface area (Å²) in [5.74, 6) is -0.929. The molecule has 0 bridgehead atoms. The number of ether oxygens (including phenoxy) is 3. The summed E-state index contributed by atoms with van der Waals surface area (Å²) >= 11 is 0. The number of carbonyl (C=O) groups is 3. The van der Waals surface area contributed by atoms with Crippen LogP contribution >= 0.6 is 0 Å². The molecule has 74 heavy (non-hydrogen) atoms. The molecule has 0 amide bonds. The summed E-state index contributed by atoms with van der Waals surface area (Å²) in [6, 6.07) is 0. The predicted octanol–water partition coefficient (Wildman–Crippen LogP) is 20.8. The Labute approximate surface area is 456 Å². The second kappa shape index (κ2) is 61.4. The lowest BCUT2D eigenvalue weighted by Crippen LogP contribution is -2.30. The molecule has 6 nitrogen and oxygen atoms in total. The number of esters is 3. The van der Waals surface area contributed by atoms with Crippen molar-refractivity contribution in [3.8, 4) is 0 Å². The van der Waals surface area contributed by atoms with Crippen molar-refractivity contribution in [3.63, 3.8) is 0 Å². The number of rotatable bonds is 54. The third-order valence-corrected chi connectivity index (χ3v) is 12.7. The van der Waals surface area contributed by atoms with Gasteiger partial charge in [-0.3, -0.25) is 14.4 Å². The molecular weight excluding hydrogens is 913 g/mol. The maximum Gasteiger partial charge on any atom is 0.306 e. The Bertz CT molecular complexity index is 1550. The summed E-state index contributed by atoms with van der Waals surface area (Å²) in [7, 11) is 0. The fraction of sp³-hybridized carbons (Fsp3) is 0.662. The quantitative estimate of drug-likeness (QED) is 0.0261. The SMILES string of the molecule is CC/C=C\C/C=C\C/C=C\C/C=C\C/C=C\CCCCCCCCCCCCCC(=O)OCC(COC(=O)CCCCCCC/C=C\CCCCC)OC(=O)CCCCCC/C=C\C/C=C\C/C=C\C/C=C\CC. The molecule has 0 saturated carbocycles. The van der Waals surface area contributed by atoms with Crippen LogP contribution in [0.4, 0.5) is 0 Å². The lowest BCUT2D eigenvalue weighted by atomic mass is 10.0. The van der Waals surface area contributed by atoms with Crippen molar-refractivity contribution in [2.75, 3.05) is 13.2 Å². The molecule has 1 atom stereocenters. The number of carbonyl (C=O) groups excluding carboxylic acids is 3. The van der Waals surface area contributed by atoms with Crippen LogP contribution in [0.25, 0.3) is 0 Å². The average molecular weight is 1030 g/mol. The zero-order valence-electron chi connectivity index (χ0n) is 48.1. The van der Waals surface area contributed by atoms with Gasteiger partial charge in [0, 0.05) is 19.3 Å². The molecule has 0 spiro atoms. The highest BCUT2D eigenvalue weighted by molar-refractivity contribution is 5.71. The molecule has 0 rings (SSSR count). The normalized spacial score (nSPS) is 13.0. The monoisotopic (exact) mass is 1020 g/mol. The molecule has 1 unspecified atom stereocenters. The van der Waals surface area contributed by atoms with E-state index < -0.39 is 6.10 Å². The number of allylic oxidation sites excluding steroid dienone is 20. The van der Waals surface area contributed by atoms with E-state index in [0.717, 1.165) is 141 Å². The van der Waals surface area contributed by atoms with Crippen molar-refractivity contribution in [2.45, 2.75) is 277 Å². The number of unbranched alkanes of at least 4 members (excludes halogenated alkanes) is 23. The maximum absolute atomic E-state index is 12.9. The smallest absolute Gasteiger partial charge is 0.306 e. The molecule has 6 heteroatoms. The molecule has 0 radical (unpaired) electrons. The van der Waals surface area contributed by atoms with Gasteiger partial charge in [0.1, 0.15) is 13.2 Å². The summed E-state index contributed by atoms with van der Waals surface area (Å²) < 4.78 is 16.9. The van der Waals surface area contributed by atoms with Crippen molar-refractivity contribution in [3.05, 3.63) is 122 Å². The first-order chi connectivity index (χ1) is 36.5. The van der Waals surface area contributed by atoms with Crippen molar-refractivity contribution in [1.29, 1.82) is 0 Å². The molecule has 0 aliphatic carbocycles. The Morgan fingerprint density at radius 2 is 0.527 bits per heavy atom. The zero-order valence-corrected chi connectivity index (χ0v) is 48.1. The first kappa shape index (κ1) is 69.8. The van der Waals surface area contributed by atoms with Crippen LogP contribution in [0.5, 0.6) is 0 Å². The maximum atomic E-state index is 12.9. The van der Waals surface area contributed by atoms with Crippen LogP contribution in [0.3, 0.4) is 0 Å². The van der Waals surface area contributed by atoms with Crippen LogP contribution in [-0.2, 0) is 28.6 Å². The molecule has 0 saturated heterocycles. The Morgan fingerprint density at radius 1 is 0.284 bits per heavy atom. The fourth-order valence-corrected chi connectivity index (χ4v) is 8.16. The van der Waals surface area contributed by atoms with Gasteiger partial charge in [0.25, 0.3) is 0 Å². The van der Waals surface area contributed by atoms with E-state index >= 15 is 0 Å². The second-order valence-corrected chi connectivity index (χ2v) is 19.8. The summed E-state index contributed by atoms with van der Waals surface area (Å²) in [5, 5.41) is 0. The van der Waals surface area contributed by atoms with E-state index in [0.29, 0.717) is 19.3 Å². The summed E-state index contributed by atoms with van der Waals surface area (Å²) in [4.78, 5) is 38.2.